The van der Waals surface area contributed by atoms with E-state index >= 15 is 0 Å². The lowest BCUT2D eigenvalue weighted by molar-refractivity contribution is 0.290. The summed E-state index contributed by atoms with van der Waals surface area (Å²) in [4.78, 5) is 4.97. The predicted molar refractivity (Wildman–Crippen MR) is 120 cm³/mol. The summed E-state index contributed by atoms with van der Waals surface area (Å²) in [6.07, 6.45) is 2.18. The average Bonchev–Trinajstić information content (AvgIpc) is 2.74. The van der Waals surface area contributed by atoms with Crippen molar-refractivity contribution in [2.75, 3.05) is 36.5 Å². The molecule has 3 aromatic rings. The van der Waals surface area contributed by atoms with Crippen molar-refractivity contribution in [3.8, 4) is 0 Å². The summed E-state index contributed by atoms with van der Waals surface area (Å²) in [5.41, 5.74) is 3.87. The van der Waals surface area contributed by atoms with E-state index in [1.54, 1.807) is 0 Å². The van der Waals surface area contributed by atoms with Crippen LogP contribution in [-0.4, -0.2) is 36.5 Å². The van der Waals surface area contributed by atoms with Crippen molar-refractivity contribution in [3.63, 3.8) is 0 Å². The van der Waals surface area contributed by atoms with Crippen LogP contribution < -0.4 is 4.90 Å². The fourth-order valence-electron chi connectivity index (χ4n) is 3.20. The minimum Gasteiger partial charge on any atom is -0.340 e. The minimum absolute atomic E-state index is 0.968. The first-order valence-corrected chi connectivity index (χ1v) is 10.9. The molecule has 0 fully saturated rings. The Kier molecular flexibility index (Phi) is 7.82. The van der Waals surface area contributed by atoms with Gasteiger partial charge in [-0.1, -0.05) is 66.7 Å². The highest BCUT2D eigenvalue weighted by atomic mass is 32.2. The Morgan fingerprint density at radius 1 is 0.630 bits per heavy atom. The van der Waals surface area contributed by atoms with Crippen LogP contribution in [0.15, 0.2) is 91.0 Å². The lowest BCUT2D eigenvalue weighted by Gasteiger charge is -2.29. The third-order valence-corrected chi connectivity index (χ3v) is 5.23. The molecule has 0 saturated heterocycles. The molecule has 0 spiro atoms. The van der Waals surface area contributed by atoms with Crippen LogP contribution in [0, 0.1) is 0 Å². The summed E-state index contributed by atoms with van der Waals surface area (Å²) in [7, 11) is 0. The molecular formula is C24H28N2S. The zero-order valence-electron chi connectivity index (χ0n) is 16.0. The molecule has 2 nitrogen and oxygen atoms in total. The van der Waals surface area contributed by atoms with Gasteiger partial charge in [-0.25, -0.2) is 0 Å². The second kappa shape index (κ2) is 10.8. The third-order valence-electron chi connectivity index (χ3n) is 4.64. The number of anilines is 2. The molecule has 3 heteroatoms. The standard InChI is InChI=1S/C24H28N2S/c1-27-20-19-25(21-22-11-5-2-6-12-22)17-18-26(23-13-7-3-8-14-23)24-15-9-4-10-16-24/h2-16H,17-21H2,1H3. The van der Waals surface area contributed by atoms with Crippen molar-refractivity contribution < 1.29 is 0 Å². The van der Waals surface area contributed by atoms with Gasteiger partial charge >= 0.3 is 0 Å². The molecule has 0 saturated carbocycles. The Bertz CT molecular complexity index is 723. The van der Waals surface area contributed by atoms with Gasteiger partial charge < -0.3 is 4.90 Å². The second-order valence-electron chi connectivity index (χ2n) is 6.58. The second-order valence-corrected chi connectivity index (χ2v) is 7.56. The van der Waals surface area contributed by atoms with Crippen LogP contribution in [0.2, 0.25) is 0 Å². The van der Waals surface area contributed by atoms with E-state index in [4.69, 9.17) is 0 Å². The molecule has 0 aromatic heterocycles. The molecule has 3 rings (SSSR count). The summed E-state index contributed by atoms with van der Waals surface area (Å²) in [6.45, 7) is 4.10. The average molecular weight is 377 g/mol. The van der Waals surface area contributed by atoms with Gasteiger partial charge in [0.15, 0.2) is 0 Å². The van der Waals surface area contributed by atoms with Crippen molar-refractivity contribution in [2.45, 2.75) is 6.54 Å². The third kappa shape index (κ3) is 6.16. The van der Waals surface area contributed by atoms with Gasteiger partial charge in [0.25, 0.3) is 0 Å². The summed E-state index contributed by atoms with van der Waals surface area (Å²) in [5.74, 6) is 1.16. The van der Waals surface area contributed by atoms with Crippen molar-refractivity contribution in [1.29, 1.82) is 0 Å². The molecule has 0 bridgehead atoms. The molecule has 0 heterocycles. The molecule has 27 heavy (non-hydrogen) atoms. The molecule has 0 aliphatic rings. The van der Waals surface area contributed by atoms with Gasteiger partial charge in [0.1, 0.15) is 0 Å². The first-order valence-electron chi connectivity index (χ1n) is 9.49. The van der Waals surface area contributed by atoms with E-state index in [-0.39, 0.29) is 0 Å². The van der Waals surface area contributed by atoms with Crippen molar-refractivity contribution in [2.24, 2.45) is 0 Å². The molecule has 0 amide bonds. The van der Waals surface area contributed by atoms with E-state index in [0.717, 1.165) is 31.9 Å². The summed E-state index contributed by atoms with van der Waals surface area (Å²) < 4.78 is 0. The van der Waals surface area contributed by atoms with Gasteiger partial charge in [-0.05, 0) is 36.1 Å². The Labute approximate surface area is 167 Å². The molecule has 0 radical (unpaired) electrons. The number of rotatable bonds is 10. The highest BCUT2D eigenvalue weighted by Gasteiger charge is 2.12. The number of thioether (sulfide) groups is 1. The van der Waals surface area contributed by atoms with Crippen molar-refractivity contribution in [1.82, 2.24) is 4.90 Å². The molecule has 3 aromatic carbocycles. The summed E-state index contributed by atoms with van der Waals surface area (Å²) >= 11 is 1.91. The van der Waals surface area contributed by atoms with Crippen LogP contribution >= 0.6 is 11.8 Å². The lowest BCUT2D eigenvalue weighted by Crippen LogP contribution is -2.34. The Hall–Kier alpha value is -2.23. The maximum absolute atomic E-state index is 2.56. The Morgan fingerprint density at radius 3 is 1.67 bits per heavy atom. The number of benzene rings is 3. The topological polar surface area (TPSA) is 6.48 Å². The van der Waals surface area contributed by atoms with Crippen LogP contribution in [0.5, 0.6) is 0 Å². The van der Waals surface area contributed by atoms with Gasteiger partial charge in [0.05, 0.1) is 0 Å². The van der Waals surface area contributed by atoms with Crippen molar-refractivity contribution >= 4 is 23.1 Å². The van der Waals surface area contributed by atoms with E-state index in [0.29, 0.717) is 0 Å². The number of para-hydroxylation sites is 2. The molecule has 0 atom stereocenters. The summed E-state index contributed by atoms with van der Waals surface area (Å²) in [6, 6.07) is 32.1. The molecule has 0 aliphatic heterocycles. The smallest absolute Gasteiger partial charge is 0.0411 e. The van der Waals surface area contributed by atoms with E-state index in [2.05, 4.69) is 107 Å². The fourth-order valence-corrected chi connectivity index (χ4v) is 3.64. The van der Waals surface area contributed by atoms with Crippen molar-refractivity contribution in [3.05, 3.63) is 96.6 Å². The predicted octanol–water partition coefficient (Wildman–Crippen LogP) is 5.69. The van der Waals surface area contributed by atoms with Crippen LogP contribution in [0.3, 0.4) is 0 Å². The maximum Gasteiger partial charge on any atom is 0.0411 e. The largest absolute Gasteiger partial charge is 0.340 e. The zero-order chi connectivity index (χ0) is 18.7. The fraction of sp³-hybridized carbons (Fsp3) is 0.250. The molecule has 0 unspecified atom stereocenters. The van der Waals surface area contributed by atoms with Crippen LogP contribution in [0.1, 0.15) is 5.56 Å². The quantitative estimate of drug-likeness (QED) is 0.449. The van der Waals surface area contributed by atoms with Crippen LogP contribution in [-0.2, 0) is 6.54 Å². The molecule has 140 valence electrons. The maximum atomic E-state index is 2.56. The first kappa shape index (κ1) is 19.5. The SMILES string of the molecule is CSCCN(CCN(c1ccccc1)c1ccccc1)Cc1ccccc1. The molecular weight excluding hydrogens is 348 g/mol. The summed E-state index contributed by atoms with van der Waals surface area (Å²) in [5, 5.41) is 0. The number of hydrogen-bond acceptors (Lipinski definition) is 3. The van der Waals surface area contributed by atoms with E-state index in [1.165, 1.54) is 16.9 Å². The lowest BCUT2D eigenvalue weighted by atomic mass is 10.2. The Balaban J connectivity index is 1.73. The monoisotopic (exact) mass is 376 g/mol. The van der Waals surface area contributed by atoms with E-state index in [9.17, 15) is 0 Å². The van der Waals surface area contributed by atoms with Gasteiger partial charge in [-0.2, -0.15) is 11.8 Å². The molecule has 0 aliphatic carbocycles. The van der Waals surface area contributed by atoms with Gasteiger partial charge in [0, 0.05) is 43.3 Å². The van der Waals surface area contributed by atoms with Gasteiger partial charge in [-0.15, -0.1) is 0 Å². The van der Waals surface area contributed by atoms with Gasteiger partial charge in [0.2, 0.25) is 0 Å². The van der Waals surface area contributed by atoms with E-state index < -0.39 is 0 Å². The van der Waals surface area contributed by atoms with Crippen LogP contribution in [0.25, 0.3) is 0 Å². The number of hydrogen-bond donors (Lipinski definition) is 0. The van der Waals surface area contributed by atoms with Gasteiger partial charge in [-0.3, -0.25) is 4.90 Å². The molecule has 0 N–H and O–H groups in total. The Morgan fingerprint density at radius 2 is 1.15 bits per heavy atom. The highest BCUT2D eigenvalue weighted by Crippen LogP contribution is 2.24. The van der Waals surface area contributed by atoms with Crippen LogP contribution in [0.4, 0.5) is 11.4 Å². The minimum atomic E-state index is 0.968. The normalized spacial score (nSPS) is 10.9. The highest BCUT2D eigenvalue weighted by molar-refractivity contribution is 7.98. The number of nitrogens with zero attached hydrogens (tertiary/aromatic N) is 2. The van der Waals surface area contributed by atoms with E-state index in [1.807, 2.05) is 11.8 Å². The first-order chi connectivity index (χ1) is 13.4. The zero-order valence-corrected chi connectivity index (χ0v) is 16.8.